The fourth-order valence-corrected chi connectivity index (χ4v) is 1.93. The smallest absolute Gasteiger partial charge is 0.310 e. The molecule has 0 saturated carbocycles. The Morgan fingerprint density at radius 1 is 0.955 bits per heavy atom. The molecule has 1 aromatic heterocycles. The molecule has 0 atom stereocenters. The van der Waals surface area contributed by atoms with Gasteiger partial charge in [-0.05, 0) is 26.8 Å². The van der Waals surface area contributed by atoms with Gasteiger partial charge >= 0.3 is 5.91 Å². The fraction of sp³-hybridized carbons (Fsp3) is 0.188. The highest BCUT2D eigenvalue weighted by molar-refractivity contribution is 6.42. The average molecular weight is 300 g/mol. The lowest BCUT2D eigenvalue weighted by molar-refractivity contribution is -0.117. The van der Waals surface area contributed by atoms with Crippen LogP contribution >= 0.6 is 0 Å². The number of aryl methyl sites for hydroxylation is 3. The van der Waals surface area contributed by atoms with Crippen LogP contribution in [0.15, 0.2) is 34.7 Å². The van der Waals surface area contributed by atoms with Crippen molar-refractivity contribution in [1.82, 2.24) is 10.9 Å². The molecule has 0 aliphatic carbocycles. The molecule has 0 fully saturated rings. The predicted molar refractivity (Wildman–Crippen MR) is 79.3 cm³/mol. The van der Waals surface area contributed by atoms with Gasteiger partial charge in [0.25, 0.3) is 11.7 Å². The first kappa shape index (κ1) is 15.5. The number of carbonyl (C=O) groups is 3. The third-order valence-electron chi connectivity index (χ3n) is 3.10. The monoisotopic (exact) mass is 300 g/mol. The van der Waals surface area contributed by atoms with E-state index in [0.29, 0.717) is 17.1 Å². The lowest BCUT2D eigenvalue weighted by Gasteiger charge is -2.06. The van der Waals surface area contributed by atoms with Crippen molar-refractivity contribution in [2.45, 2.75) is 20.8 Å². The van der Waals surface area contributed by atoms with Crippen LogP contribution in [-0.4, -0.2) is 17.6 Å². The van der Waals surface area contributed by atoms with Crippen LogP contribution in [0.25, 0.3) is 0 Å². The van der Waals surface area contributed by atoms with Crippen LogP contribution < -0.4 is 10.9 Å². The molecule has 2 aromatic rings. The van der Waals surface area contributed by atoms with Crippen molar-refractivity contribution in [2.24, 2.45) is 0 Å². The van der Waals surface area contributed by atoms with E-state index in [4.69, 9.17) is 4.42 Å². The molecule has 1 aromatic carbocycles. The molecule has 22 heavy (non-hydrogen) atoms. The number of amides is 2. The van der Waals surface area contributed by atoms with E-state index in [1.54, 1.807) is 44.2 Å². The van der Waals surface area contributed by atoms with Crippen molar-refractivity contribution in [3.63, 3.8) is 0 Å². The first-order valence-electron chi connectivity index (χ1n) is 6.67. The van der Waals surface area contributed by atoms with Crippen molar-refractivity contribution in [2.75, 3.05) is 0 Å². The van der Waals surface area contributed by atoms with Crippen molar-refractivity contribution >= 4 is 17.6 Å². The summed E-state index contributed by atoms with van der Waals surface area (Å²) in [5, 5.41) is 0. The van der Waals surface area contributed by atoms with Crippen LogP contribution in [0.5, 0.6) is 0 Å². The largest absolute Gasteiger partial charge is 0.466 e. The van der Waals surface area contributed by atoms with Gasteiger partial charge in [0.1, 0.15) is 11.5 Å². The summed E-state index contributed by atoms with van der Waals surface area (Å²) in [6, 6.07) is 8.14. The quantitative estimate of drug-likeness (QED) is 0.514. The highest BCUT2D eigenvalue weighted by Crippen LogP contribution is 2.12. The third-order valence-corrected chi connectivity index (χ3v) is 3.10. The van der Waals surface area contributed by atoms with Crippen LogP contribution in [-0.2, 0) is 4.79 Å². The van der Waals surface area contributed by atoms with Gasteiger partial charge in [0.05, 0.1) is 5.56 Å². The Morgan fingerprint density at radius 3 is 2.14 bits per heavy atom. The van der Waals surface area contributed by atoms with Gasteiger partial charge in [-0.1, -0.05) is 29.8 Å². The lowest BCUT2D eigenvalue weighted by atomic mass is 10.1. The Bertz CT molecular complexity index is 729. The summed E-state index contributed by atoms with van der Waals surface area (Å²) in [7, 11) is 0. The topological polar surface area (TPSA) is 88.4 Å². The van der Waals surface area contributed by atoms with Crippen molar-refractivity contribution in [3.05, 3.63) is 58.5 Å². The molecular formula is C16H16N2O4. The number of hydrogen-bond donors (Lipinski definition) is 2. The number of furan rings is 1. The average Bonchev–Trinajstić information content (AvgIpc) is 2.83. The second-order valence-electron chi connectivity index (χ2n) is 4.93. The molecule has 0 bridgehead atoms. The number of rotatable bonds is 3. The minimum atomic E-state index is -0.907. The van der Waals surface area contributed by atoms with Crippen molar-refractivity contribution in [3.8, 4) is 0 Å². The first-order chi connectivity index (χ1) is 10.4. The van der Waals surface area contributed by atoms with Crippen LogP contribution in [0.2, 0.25) is 0 Å². The molecule has 0 aliphatic rings. The van der Waals surface area contributed by atoms with E-state index in [0.717, 1.165) is 5.56 Å². The van der Waals surface area contributed by atoms with Crippen molar-refractivity contribution < 1.29 is 18.8 Å². The highest BCUT2D eigenvalue weighted by atomic mass is 16.3. The summed E-state index contributed by atoms with van der Waals surface area (Å²) in [4.78, 5) is 35.5. The number of benzene rings is 1. The number of hydrazine groups is 1. The number of Topliss-reactive ketones (excluding diaryl/α,β-unsaturated/α-hetero) is 1. The zero-order chi connectivity index (χ0) is 16.3. The Morgan fingerprint density at radius 2 is 1.59 bits per heavy atom. The van der Waals surface area contributed by atoms with Crippen LogP contribution in [0, 0.1) is 20.8 Å². The summed E-state index contributed by atoms with van der Waals surface area (Å²) < 4.78 is 5.23. The molecule has 0 spiro atoms. The van der Waals surface area contributed by atoms with E-state index >= 15 is 0 Å². The van der Waals surface area contributed by atoms with E-state index in [1.165, 1.54) is 0 Å². The molecule has 2 amide bonds. The van der Waals surface area contributed by atoms with Gasteiger partial charge in [0.15, 0.2) is 0 Å². The van der Waals surface area contributed by atoms with Gasteiger partial charge in [0, 0.05) is 5.56 Å². The molecule has 0 unspecified atom stereocenters. The molecular weight excluding hydrogens is 284 g/mol. The van der Waals surface area contributed by atoms with Crippen LogP contribution in [0.1, 0.15) is 37.8 Å². The van der Waals surface area contributed by atoms with Gasteiger partial charge in [0.2, 0.25) is 0 Å². The maximum Gasteiger partial charge on any atom is 0.310 e. The first-order valence-corrected chi connectivity index (χ1v) is 6.67. The molecule has 1 heterocycles. The summed E-state index contributed by atoms with van der Waals surface area (Å²) in [5.74, 6) is -1.14. The molecule has 114 valence electrons. The van der Waals surface area contributed by atoms with E-state index < -0.39 is 17.6 Å². The zero-order valence-electron chi connectivity index (χ0n) is 12.5. The standard InChI is InChI=1S/C16H16N2O4/c1-9-4-6-12(7-5-9)14(19)16(21)18-17-15(20)13-8-10(2)22-11(13)3/h4-8H,1-3H3,(H,17,20)(H,18,21). The second-order valence-corrected chi connectivity index (χ2v) is 4.93. The maximum absolute atomic E-state index is 11.9. The second kappa shape index (κ2) is 6.26. The van der Waals surface area contributed by atoms with Gasteiger partial charge in [-0.3, -0.25) is 25.2 Å². The Hall–Kier alpha value is -2.89. The van der Waals surface area contributed by atoms with Crippen molar-refractivity contribution in [1.29, 1.82) is 0 Å². The zero-order valence-corrected chi connectivity index (χ0v) is 12.5. The van der Waals surface area contributed by atoms with E-state index in [1.807, 2.05) is 6.92 Å². The Kier molecular flexibility index (Phi) is 4.41. The number of ketones is 1. The Labute approximate surface area is 127 Å². The third kappa shape index (κ3) is 3.41. The molecule has 0 saturated heterocycles. The molecule has 0 radical (unpaired) electrons. The number of nitrogens with one attached hydrogen (secondary N) is 2. The Balaban J connectivity index is 1.97. The number of hydrogen-bond acceptors (Lipinski definition) is 4. The minimum absolute atomic E-state index is 0.257. The lowest BCUT2D eigenvalue weighted by Crippen LogP contribution is -2.45. The van der Waals surface area contributed by atoms with Gasteiger partial charge in [-0.2, -0.15) is 0 Å². The number of carbonyl (C=O) groups excluding carboxylic acids is 3. The van der Waals surface area contributed by atoms with Gasteiger partial charge < -0.3 is 4.42 Å². The summed E-state index contributed by atoms with van der Waals surface area (Å²) in [6.07, 6.45) is 0. The maximum atomic E-state index is 11.9. The molecule has 2 N–H and O–H groups in total. The summed E-state index contributed by atoms with van der Waals surface area (Å²) in [5.41, 5.74) is 5.84. The van der Waals surface area contributed by atoms with E-state index in [2.05, 4.69) is 10.9 Å². The van der Waals surface area contributed by atoms with Crippen LogP contribution in [0.4, 0.5) is 0 Å². The highest BCUT2D eigenvalue weighted by Gasteiger charge is 2.18. The molecule has 6 heteroatoms. The fourth-order valence-electron chi connectivity index (χ4n) is 1.93. The SMILES string of the molecule is Cc1ccc(C(=O)C(=O)NNC(=O)c2cc(C)oc2C)cc1. The normalized spacial score (nSPS) is 10.1. The van der Waals surface area contributed by atoms with E-state index in [9.17, 15) is 14.4 Å². The molecule has 6 nitrogen and oxygen atoms in total. The van der Waals surface area contributed by atoms with E-state index in [-0.39, 0.29) is 5.56 Å². The molecule has 0 aliphatic heterocycles. The van der Waals surface area contributed by atoms with Crippen LogP contribution in [0.3, 0.4) is 0 Å². The van der Waals surface area contributed by atoms with Gasteiger partial charge in [-0.15, -0.1) is 0 Å². The summed E-state index contributed by atoms with van der Waals surface area (Å²) >= 11 is 0. The summed E-state index contributed by atoms with van der Waals surface area (Å²) in [6.45, 7) is 5.23. The predicted octanol–water partition coefficient (Wildman–Crippen LogP) is 1.85. The van der Waals surface area contributed by atoms with Gasteiger partial charge in [-0.25, -0.2) is 0 Å². The molecule has 2 rings (SSSR count). The minimum Gasteiger partial charge on any atom is -0.466 e.